The molecular weight excluding hydrogens is 320 g/mol. The monoisotopic (exact) mass is 340 g/mol. The fraction of sp³-hybridized carbons (Fsp3) is 0.250. The van der Waals surface area contributed by atoms with Gasteiger partial charge in [0.25, 0.3) is 0 Å². The van der Waals surface area contributed by atoms with Crippen LogP contribution in [0.4, 0.5) is 0 Å². The third-order valence-corrected chi connectivity index (χ3v) is 3.85. The molecule has 5 nitrogen and oxygen atoms in total. The number of hydrogen-bond acceptors (Lipinski definition) is 5. The summed E-state index contributed by atoms with van der Waals surface area (Å²) in [6.45, 7) is 2.30. The minimum Gasteiger partial charge on any atom is -0.497 e. The SMILES string of the molecule is CCOC(=O)/C(=C/Cc1cccc(OC)c1)c1ccc2c(c1)OCO2. The third-order valence-electron chi connectivity index (χ3n) is 3.85. The van der Waals surface area contributed by atoms with Gasteiger partial charge in [0.1, 0.15) is 5.75 Å². The number of ether oxygens (including phenoxy) is 4. The Balaban J connectivity index is 1.90. The molecule has 0 radical (unpaired) electrons. The maximum atomic E-state index is 12.4. The Bertz CT molecular complexity index is 794. The summed E-state index contributed by atoms with van der Waals surface area (Å²) in [7, 11) is 1.63. The summed E-state index contributed by atoms with van der Waals surface area (Å²) < 4.78 is 21.2. The van der Waals surface area contributed by atoms with E-state index in [0.29, 0.717) is 30.1 Å². The van der Waals surface area contributed by atoms with Gasteiger partial charge in [-0.05, 0) is 48.7 Å². The van der Waals surface area contributed by atoms with Crippen LogP contribution in [0.5, 0.6) is 17.2 Å². The lowest BCUT2D eigenvalue weighted by atomic mass is 10.0. The smallest absolute Gasteiger partial charge is 0.338 e. The first-order valence-electron chi connectivity index (χ1n) is 8.11. The lowest BCUT2D eigenvalue weighted by Gasteiger charge is -2.09. The maximum absolute atomic E-state index is 12.4. The van der Waals surface area contributed by atoms with E-state index in [1.54, 1.807) is 26.2 Å². The van der Waals surface area contributed by atoms with Crippen LogP contribution in [0.3, 0.4) is 0 Å². The molecule has 1 aliphatic heterocycles. The summed E-state index contributed by atoms with van der Waals surface area (Å²) in [6.07, 6.45) is 2.45. The van der Waals surface area contributed by atoms with Gasteiger partial charge in [-0.2, -0.15) is 0 Å². The Morgan fingerprint density at radius 1 is 1.16 bits per heavy atom. The Labute approximate surface area is 146 Å². The van der Waals surface area contributed by atoms with Gasteiger partial charge >= 0.3 is 5.97 Å². The van der Waals surface area contributed by atoms with Gasteiger partial charge in [0.15, 0.2) is 11.5 Å². The van der Waals surface area contributed by atoms with Crippen LogP contribution in [0.2, 0.25) is 0 Å². The molecule has 2 aromatic rings. The van der Waals surface area contributed by atoms with Gasteiger partial charge in [-0.25, -0.2) is 4.79 Å². The van der Waals surface area contributed by atoms with E-state index in [4.69, 9.17) is 18.9 Å². The molecule has 0 atom stereocenters. The van der Waals surface area contributed by atoms with E-state index in [-0.39, 0.29) is 12.8 Å². The predicted molar refractivity (Wildman–Crippen MR) is 93.9 cm³/mol. The zero-order valence-electron chi connectivity index (χ0n) is 14.3. The minimum absolute atomic E-state index is 0.195. The highest BCUT2D eigenvalue weighted by molar-refractivity contribution is 6.16. The maximum Gasteiger partial charge on any atom is 0.338 e. The molecule has 0 saturated heterocycles. The highest BCUT2D eigenvalue weighted by atomic mass is 16.7. The predicted octanol–water partition coefficient (Wildman–Crippen LogP) is 3.61. The molecule has 0 saturated carbocycles. The number of benzene rings is 2. The molecular formula is C20H20O5. The molecule has 0 spiro atoms. The molecule has 25 heavy (non-hydrogen) atoms. The molecule has 0 N–H and O–H groups in total. The van der Waals surface area contributed by atoms with Gasteiger partial charge in [0.05, 0.1) is 19.3 Å². The Hall–Kier alpha value is -2.95. The first kappa shape index (κ1) is 16.9. The number of rotatable bonds is 6. The topological polar surface area (TPSA) is 54.0 Å². The number of hydrogen-bond donors (Lipinski definition) is 0. The number of fused-ring (bicyclic) bond motifs is 1. The average Bonchev–Trinajstić information content (AvgIpc) is 3.10. The van der Waals surface area contributed by atoms with Gasteiger partial charge in [-0.3, -0.25) is 0 Å². The second-order valence-corrected chi connectivity index (χ2v) is 5.46. The summed E-state index contributed by atoms with van der Waals surface area (Å²) in [4.78, 5) is 12.4. The first-order chi connectivity index (χ1) is 12.2. The van der Waals surface area contributed by atoms with Crippen LogP contribution in [-0.4, -0.2) is 26.5 Å². The molecule has 0 bridgehead atoms. The second-order valence-electron chi connectivity index (χ2n) is 5.46. The van der Waals surface area contributed by atoms with Crippen LogP contribution in [0.15, 0.2) is 48.5 Å². The van der Waals surface area contributed by atoms with Crippen molar-refractivity contribution in [1.82, 2.24) is 0 Å². The fourth-order valence-corrected chi connectivity index (χ4v) is 2.61. The molecule has 0 aliphatic carbocycles. The summed E-state index contributed by atoms with van der Waals surface area (Å²) in [5, 5.41) is 0. The number of allylic oxidation sites excluding steroid dienone is 1. The van der Waals surface area contributed by atoms with Crippen molar-refractivity contribution in [3.05, 3.63) is 59.7 Å². The highest BCUT2D eigenvalue weighted by Gasteiger charge is 2.18. The Morgan fingerprint density at radius 3 is 2.80 bits per heavy atom. The molecule has 1 heterocycles. The molecule has 130 valence electrons. The van der Waals surface area contributed by atoms with Crippen LogP contribution >= 0.6 is 0 Å². The molecule has 0 aromatic heterocycles. The van der Waals surface area contributed by atoms with Crippen molar-refractivity contribution >= 4 is 11.5 Å². The zero-order valence-corrected chi connectivity index (χ0v) is 14.3. The van der Waals surface area contributed by atoms with E-state index in [9.17, 15) is 4.79 Å². The van der Waals surface area contributed by atoms with Crippen molar-refractivity contribution < 1.29 is 23.7 Å². The van der Waals surface area contributed by atoms with Gasteiger partial charge in [-0.15, -0.1) is 0 Å². The van der Waals surface area contributed by atoms with E-state index in [2.05, 4.69) is 0 Å². The molecule has 0 amide bonds. The number of methoxy groups -OCH3 is 1. The van der Waals surface area contributed by atoms with Gasteiger partial charge in [0.2, 0.25) is 6.79 Å². The summed E-state index contributed by atoms with van der Waals surface area (Å²) in [6, 6.07) is 13.2. The van der Waals surface area contributed by atoms with Crippen molar-refractivity contribution in [2.24, 2.45) is 0 Å². The average molecular weight is 340 g/mol. The van der Waals surface area contributed by atoms with E-state index in [1.165, 1.54) is 0 Å². The molecule has 0 fully saturated rings. The third kappa shape index (κ3) is 3.94. The molecule has 3 rings (SSSR count). The second kappa shape index (κ2) is 7.75. The van der Waals surface area contributed by atoms with Crippen molar-refractivity contribution in [2.75, 3.05) is 20.5 Å². The van der Waals surface area contributed by atoms with E-state index < -0.39 is 0 Å². The van der Waals surface area contributed by atoms with Crippen LogP contribution in [0, 0.1) is 0 Å². The normalized spacial score (nSPS) is 12.8. The molecule has 5 heteroatoms. The quantitative estimate of drug-likeness (QED) is 0.594. The lowest BCUT2D eigenvalue weighted by Crippen LogP contribution is -2.07. The van der Waals surface area contributed by atoms with Gasteiger partial charge < -0.3 is 18.9 Å². The summed E-state index contributed by atoms with van der Waals surface area (Å²) in [5.74, 6) is 1.74. The Morgan fingerprint density at radius 2 is 2.00 bits per heavy atom. The van der Waals surface area contributed by atoms with Crippen LogP contribution < -0.4 is 14.2 Å². The van der Waals surface area contributed by atoms with Gasteiger partial charge in [0, 0.05) is 0 Å². The summed E-state index contributed by atoms with van der Waals surface area (Å²) >= 11 is 0. The molecule has 0 unspecified atom stereocenters. The van der Waals surface area contributed by atoms with Gasteiger partial charge in [-0.1, -0.05) is 24.3 Å². The van der Waals surface area contributed by atoms with Crippen molar-refractivity contribution in [3.63, 3.8) is 0 Å². The van der Waals surface area contributed by atoms with Crippen LogP contribution in [-0.2, 0) is 16.0 Å². The number of esters is 1. The minimum atomic E-state index is -0.357. The number of carbonyl (C=O) groups excluding carboxylic acids is 1. The van der Waals surface area contributed by atoms with Crippen molar-refractivity contribution in [3.8, 4) is 17.2 Å². The Kier molecular flexibility index (Phi) is 5.23. The van der Waals surface area contributed by atoms with E-state index in [0.717, 1.165) is 16.9 Å². The molecule has 2 aromatic carbocycles. The fourth-order valence-electron chi connectivity index (χ4n) is 2.61. The van der Waals surface area contributed by atoms with Crippen molar-refractivity contribution in [2.45, 2.75) is 13.3 Å². The van der Waals surface area contributed by atoms with E-state index in [1.807, 2.05) is 36.4 Å². The highest BCUT2D eigenvalue weighted by Crippen LogP contribution is 2.34. The van der Waals surface area contributed by atoms with Crippen molar-refractivity contribution in [1.29, 1.82) is 0 Å². The standard InChI is InChI=1S/C20H20O5/c1-3-23-20(21)17(9-7-14-5-4-6-16(11-14)22-2)15-8-10-18-19(12-15)25-13-24-18/h4-6,8-12H,3,7,13H2,1-2H3/b17-9+. The largest absolute Gasteiger partial charge is 0.497 e. The zero-order chi connectivity index (χ0) is 17.6. The number of carbonyl (C=O) groups is 1. The van der Waals surface area contributed by atoms with Crippen LogP contribution in [0.25, 0.3) is 5.57 Å². The van der Waals surface area contributed by atoms with E-state index >= 15 is 0 Å². The summed E-state index contributed by atoms with van der Waals surface area (Å²) in [5.41, 5.74) is 2.29. The lowest BCUT2D eigenvalue weighted by molar-refractivity contribution is -0.136. The molecule has 1 aliphatic rings. The first-order valence-corrected chi connectivity index (χ1v) is 8.11. The van der Waals surface area contributed by atoms with Crippen LogP contribution in [0.1, 0.15) is 18.1 Å².